The van der Waals surface area contributed by atoms with Crippen LogP contribution in [0.5, 0.6) is 0 Å². The SMILES string of the molecule is Cc1nc(NN)c(C)c(NC(C)(C)C(C)(C)O)n1. The molecular weight excluding hydrogens is 230 g/mol. The van der Waals surface area contributed by atoms with Crippen molar-refractivity contribution >= 4 is 11.6 Å². The number of nitrogens with zero attached hydrogens (tertiary/aromatic N) is 2. The minimum atomic E-state index is -0.894. The third kappa shape index (κ3) is 2.88. The van der Waals surface area contributed by atoms with Crippen molar-refractivity contribution in [3.05, 3.63) is 11.4 Å². The van der Waals surface area contributed by atoms with Crippen molar-refractivity contribution in [3.8, 4) is 0 Å². The Balaban J connectivity index is 3.16. The molecular formula is C12H23N5O. The first-order chi connectivity index (χ1) is 8.08. The number of nitrogens with two attached hydrogens (primary N) is 1. The number of anilines is 2. The van der Waals surface area contributed by atoms with E-state index >= 15 is 0 Å². The molecule has 1 aromatic rings. The van der Waals surface area contributed by atoms with Gasteiger partial charge < -0.3 is 15.8 Å². The van der Waals surface area contributed by atoms with Crippen molar-refractivity contribution in [2.45, 2.75) is 52.7 Å². The van der Waals surface area contributed by atoms with E-state index in [0.717, 1.165) is 5.56 Å². The number of aliphatic hydroxyl groups is 1. The van der Waals surface area contributed by atoms with E-state index in [2.05, 4.69) is 20.7 Å². The largest absolute Gasteiger partial charge is 0.388 e. The highest BCUT2D eigenvalue weighted by atomic mass is 16.3. The maximum atomic E-state index is 10.1. The second kappa shape index (κ2) is 4.70. The Morgan fingerprint density at radius 3 is 2.00 bits per heavy atom. The number of nitrogen functional groups attached to an aromatic ring is 1. The van der Waals surface area contributed by atoms with Gasteiger partial charge in [-0.3, -0.25) is 0 Å². The molecule has 6 nitrogen and oxygen atoms in total. The van der Waals surface area contributed by atoms with Crippen LogP contribution in [-0.2, 0) is 0 Å². The van der Waals surface area contributed by atoms with Gasteiger partial charge in [0.05, 0.1) is 11.1 Å². The normalized spacial score (nSPS) is 12.4. The summed E-state index contributed by atoms with van der Waals surface area (Å²) in [6, 6.07) is 0. The Morgan fingerprint density at radius 1 is 1.06 bits per heavy atom. The summed E-state index contributed by atoms with van der Waals surface area (Å²) in [5.41, 5.74) is 1.94. The van der Waals surface area contributed by atoms with Gasteiger partial charge in [0, 0.05) is 5.56 Å². The molecule has 6 heteroatoms. The predicted octanol–water partition coefficient (Wildman–Crippen LogP) is 1.34. The molecule has 1 rings (SSSR count). The maximum Gasteiger partial charge on any atom is 0.148 e. The fourth-order valence-electron chi connectivity index (χ4n) is 1.34. The van der Waals surface area contributed by atoms with Crippen LogP contribution in [0.3, 0.4) is 0 Å². The van der Waals surface area contributed by atoms with E-state index in [9.17, 15) is 5.11 Å². The van der Waals surface area contributed by atoms with Crippen molar-refractivity contribution in [2.75, 3.05) is 10.7 Å². The molecule has 0 atom stereocenters. The zero-order valence-electron chi connectivity index (χ0n) is 11.9. The topological polar surface area (TPSA) is 96.1 Å². The van der Waals surface area contributed by atoms with Crippen LogP contribution in [0.1, 0.15) is 39.1 Å². The van der Waals surface area contributed by atoms with Crippen molar-refractivity contribution in [1.82, 2.24) is 9.97 Å². The third-order valence-corrected chi connectivity index (χ3v) is 3.35. The molecule has 0 saturated carbocycles. The molecule has 0 aliphatic carbocycles. The quantitative estimate of drug-likeness (QED) is 0.478. The van der Waals surface area contributed by atoms with Gasteiger partial charge in [-0.15, -0.1) is 0 Å². The summed E-state index contributed by atoms with van der Waals surface area (Å²) in [7, 11) is 0. The van der Waals surface area contributed by atoms with Gasteiger partial charge in [0.25, 0.3) is 0 Å². The number of aryl methyl sites for hydroxylation is 1. The number of nitrogens with one attached hydrogen (secondary N) is 2. The number of aromatic nitrogens is 2. The first-order valence-corrected chi connectivity index (χ1v) is 5.91. The second-order valence-corrected chi connectivity index (χ2v) is 5.55. The molecule has 0 bridgehead atoms. The summed E-state index contributed by atoms with van der Waals surface area (Å²) >= 11 is 0. The Kier molecular flexibility index (Phi) is 3.83. The molecule has 0 aliphatic heterocycles. The molecule has 0 saturated heterocycles. The van der Waals surface area contributed by atoms with Crippen LogP contribution in [0.25, 0.3) is 0 Å². The van der Waals surface area contributed by atoms with Gasteiger partial charge in [-0.2, -0.15) is 0 Å². The molecule has 0 aliphatic rings. The van der Waals surface area contributed by atoms with E-state index < -0.39 is 11.1 Å². The maximum absolute atomic E-state index is 10.1. The van der Waals surface area contributed by atoms with Crippen LogP contribution in [0.4, 0.5) is 11.6 Å². The monoisotopic (exact) mass is 253 g/mol. The average molecular weight is 253 g/mol. The van der Waals surface area contributed by atoms with Crippen LogP contribution in [0.2, 0.25) is 0 Å². The van der Waals surface area contributed by atoms with Gasteiger partial charge in [0.2, 0.25) is 0 Å². The molecule has 0 aromatic carbocycles. The van der Waals surface area contributed by atoms with Crippen molar-refractivity contribution in [2.24, 2.45) is 5.84 Å². The summed E-state index contributed by atoms with van der Waals surface area (Å²) in [6.45, 7) is 11.0. The second-order valence-electron chi connectivity index (χ2n) is 5.55. The first kappa shape index (κ1) is 14.7. The van der Waals surface area contributed by atoms with Gasteiger partial charge in [-0.05, 0) is 41.5 Å². The van der Waals surface area contributed by atoms with Crippen LogP contribution in [0, 0.1) is 13.8 Å². The minimum absolute atomic E-state index is 0.537. The molecule has 1 heterocycles. The van der Waals surface area contributed by atoms with Crippen LogP contribution < -0.4 is 16.6 Å². The molecule has 18 heavy (non-hydrogen) atoms. The lowest BCUT2D eigenvalue weighted by Gasteiger charge is -2.38. The Hall–Kier alpha value is -1.40. The summed E-state index contributed by atoms with van der Waals surface area (Å²) < 4.78 is 0. The number of hydrogen-bond acceptors (Lipinski definition) is 6. The van der Waals surface area contributed by atoms with Crippen LogP contribution >= 0.6 is 0 Å². The fraction of sp³-hybridized carbons (Fsp3) is 0.667. The van der Waals surface area contributed by atoms with E-state index in [1.54, 1.807) is 20.8 Å². The molecule has 0 amide bonds. The summed E-state index contributed by atoms with van der Waals surface area (Å²) in [5.74, 6) is 7.28. The van der Waals surface area contributed by atoms with Crippen molar-refractivity contribution in [1.29, 1.82) is 0 Å². The summed E-state index contributed by atoms with van der Waals surface area (Å²) in [6.07, 6.45) is 0. The molecule has 0 spiro atoms. The van der Waals surface area contributed by atoms with E-state index in [4.69, 9.17) is 5.84 Å². The van der Waals surface area contributed by atoms with E-state index in [1.165, 1.54) is 0 Å². The standard InChI is InChI=1S/C12H23N5O/c1-7-9(14-8(2)15-10(7)17-13)16-11(3,4)12(5,6)18/h18H,13H2,1-6H3,(H2,14,15,16,17). The zero-order chi connectivity index (χ0) is 14.1. The lowest BCUT2D eigenvalue weighted by molar-refractivity contribution is 0.0238. The predicted molar refractivity (Wildman–Crippen MR) is 73.3 cm³/mol. The minimum Gasteiger partial charge on any atom is -0.388 e. The molecule has 0 fully saturated rings. The molecule has 102 valence electrons. The lowest BCUT2D eigenvalue weighted by atomic mass is 9.86. The highest BCUT2D eigenvalue weighted by Crippen LogP contribution is 2.28. The Morgan fingerprint density at radius 2 is 1.56 bits per heavy atom. The van der Waals surface area contributed by atoms with Crippen molar-refractivity contribution in [3.63, 3.8) is 0 Å². The number of hydrogen-bond donors (Lipinski definition) is 4. The van der Waals surface area contributed by atoms with E-state index in [1.807, 2.05) is 20.8 Å². The lowest BCUT2D eigenvalue weighted by Crippen LogP contribution is -2.51. The number of hydrazine groups is 1. The van der Waals surface area contributed by atoms with Crippen molar-refractivity contribution < 1.29 is 5.11 Å². The molecule has 0 unspecified atom stereocenters. The zero-order valence-corrected chi connectivity index (χ0v) is 11.9. The fourth-order valence-corrected chi connectivity index (χ4v) is 1.34. The number of rotatable bonds is 4. The van der Waals surface area contributed by atoms with Gasteiger partial charge >= 0.3 is 0 Å². The highest BCUT2D eigenvalue weighted by molar-refractivity contribution is 5.57. The van der Waals surface area contributed by atoms with Gasteiger partial charge in [0.15, 0.2) is 0 Å². The highest BCUT2D eigenvalue weighted by Gasteiger charge is 2.35. The summed E-state index contributed by atoms with van der Waals surface area (Å²) in [5, 5.41) is 13.4. The van der Waals surface area contributed by atoms with Gasteiger partial charge in [-0.1, -0.05) is 0 Å². The first-order valence-electron chi connectivity index (χ1n) is 5.91. The Bertz CT molecular complexity index is 437. The smallest absolute Gasteiger partial charge is 0.148 e. The molecule has 5 N–H and O–H groups in total. The van der Waals surface area contributed by atoms with Gasteiger partial charge in [-0.25, -0.2) is 15.8 Å². The van der Waals surface area contributed by atoms with Crippen LogP contribution in [-0.4, -0.2) is 26.2 Å². The molecule has 1 aromatic heterocycles. The Labute approximate surface area is 108 Å². The third-order valence-electron chi connectivity index (χ3n) is 3.35. The molecule has 0 radical (unpaired) electrons. The van der Waals surface area contributed by atoms with Gasteiger partial charge in [0.1, 0.15) is 17.5 Å². The van der Waals surface area contributed by atoms with E-state index in [-0.39, 0.29) is 0 Å². The van der Waals surface area contributed by atoms with Crippen LogP contribution in [0.15, 0.2) is 0 Å². The summed E-state index contributed by atoms with van der Waals surface area (Å²) in [4.78, 5) is 8.55. The average Bonchev–Trinajstić information content (AvgIpc) is 2.20. The van der Waals surface area contributed by atoms with E-state index in [0.29, 0.717) is 17.5 Å².